The van der Waals surface area contributed by atoms with E-state index in [-0.39, 0.29) is 5.91 Å². The molecule has 0 unspecified atom stereocenters. The zero-order valence-corrected chi connectivity index (χ0v) is 12.6. The number of aliphatic hydroxyl groups excluding tert-OH is 1. The Bertz CT molecular complexity index is 450. The molecule has 1 aliphatic rings. The first kappa shape index (κ1) is 15.8. The van der Waals surface area contributed by atoms with Gasteiger partial charge < -0.3 is 10.0 Å². The van der Waals surface area contributed by atoms with Crippen molar-refractivity contribution in [3.63, 3.8) is 0 Å². The number of benzene rings is 1. The molecule has 1 heterocycles. The van der Waals surface area contributed by atoms with Crippen molar-refractivity contribution in [3.05, 3.63) is 48.0 Å². The molecule has 0 saturated carbocycles. The van der Waals surface area contributed by atoms with Gasteiger partial charge in [-0.3, -0.25) is 4.79 Å². The fraction of sp³-hybridized carbons (Fsp3) is 0.500. The lowest BCUT2D eigenvalue weighted by atomic mass is 10.1. The number of amides is 1. The van der Waals surface area contributed by atoms with E-state index in [2.05, 4.69) is 0 Å². The minimum absolute atomic E-state index is 0.284. The van der Waals surface area contributed by atoms with Gasteiger partial charge in [-0.05, 0) is 37.7 Å². The second-order valence-corrected chi connectivity index (χ2v) is 5.62. The molecule has 21 heavy (non-hydrogen) atoms. The molecule has 1 aromatic rings. The Hall–Kier alpha value is -1.61. The molecule has 1 atom stereocenters. The van der Waals surface area contributed by atoms with Crippen LogP contribution in [0.1, 0.15) is 50.2 Å². The summed E-state index contributed by atoms with van der Waals surface area (Å²) >= 11 is 0. The Morgan fingerprint density at radius 1 is 1.19 bits per heavy atom. The number of carbonyl (C=O) groups is 1. The lowest BCUT2D eigenvalue weighted by Crippen LogP contribution is -2.35. The van der Waals surface area contributed by atoms with E-state index in [0.29, 0.717) is 6.42 Å². The van der Waals surface area contributed by atoms with E-state index >= 15 is 0 Å². The molecule has 1 saturated heterocycles. The van der Waals surface area contributed by atoms with Gasteiger partial charge in [0.15, 0.2) is 0 Å². The van der Waals surface area contributed by atoms with Crippen molar-refractivity contribution in [2.45, 2.75) is 44.6 Å². The molecular formula is C18H25NO2. The molecule has 1 aromatic carbocycles. The molecule has 1 amide bonds. The van der Waals surface area contributed by atoms with Crippen LogP contribution in [0.3, 0.4) is 0 Å². The first-order valence-electron chi connectivity index (χ1n) is 7.95. The largest absolute Gasteiger partial charge is 0.384 e. The molecule has 0 spiro atoms. The highest BCUT2D eigenvalue weighted by atomic mass is 16.3. The van der Waals surface area contributed by atoms with E-state index in [9.17, 15) is 9.90 Å². The number of aliphatic hydroxyl groups is 1. The number of nitrogens with zero attached hydrogens (tertiary/aromatic N) is 1. The van der Waals surface area contributed by atoms with Crippen LogP contribution in [0.15, 0.2) is 42.5 Å². The highest BCUT2D eigenvalue weighted by Crippen LogP contribution is 2.15. The van der Waals surface area contributed by atoms with Crippen molar-refractivity contribution < 1.29 is 9.90 Å². The van der Waals surface area contributed by atoms with E-state index in [1.807, 2.05) is 41.3 Å². The molecule has 2 rings (SSSR count). The maximum Gasteiger partial charge on any atom is 0.222 e. The summed E-state index contributed by atoms with van der Waals surface area (Å²) in [5.74, 6) is 0.284. The third-order valence-corrected chi connectivity index (χ3v) is 3.93. The van der Waals surface area contributed by atoms with E-state index in [1.165, 1.54) is 6.42 Å². The van der Waals surface area contributed by atoms with Crippen LogP contribution in [0.2, 0.25) is 0 Å². The van der Waals surface area contributed by atoms with Crippen LogP contribution in [0, 0.1) is 0 Å². The predicted octanol–water partition coefficient (Wildman–Crippen LogP) is 3.46. The number of piperidine rings is 1. The van der Waals surface area contributed by atoms with Gasteiger partial charge in [0.25, 0.3) is 0 Å². The van der Waals surface area contributed by atoms with Crippen molar-refractivity contribution >= 4 is 5.91 Å². The minimum Gasteiger partial charge on any atom is -0.384 e. The van der Waals surface area contributed by atoms with Gasteiger partial charge in [0.05, 0.1) is 6.10 Å². The first-order valence-corrected chi connectivity index (χ1v) is 7.95. The van der Waals surface area contributed by atoms with Crippen molar-refractivity contribution in [2.75, 3.05) is 13.1 Å². The highest BCUT2D eigenvalue weighted by molar-refractivity contribution is 5.76. The monoisotopic (exact) mass is 287 g/mol. The second kappa shape index (κ2) is 8.63. The summed E-state index contributed by atoms with van der Waals surface area (Å²) in [6.07, 6.45) is 9.09. The number of rotatable bonds is 6. The van der Waals surface area contributed by atoms with E-state index in [1.54, 1.807) is 6.08 Å². The molecule has 114 valence electrons. The quantitative estimate of drug-likeness (QED) is 0.643. The first-order chi connectivity index (χ1) is 10.3. The number of allylic oxidation sites excluding steroid dienone is 1. The molecule has 1 N–H and O–H groups in total. The predicted molar refractivity (Wildman–Crippen MR) is 84.8 cm³/mol. The Kier molecular flexibility index (Phi) is 6.48. The van der Waals surface area contributed by atoms with Crippen LogP contribution in [0.4, 0.5) is 0 Å². The molecule has 0 aliphatic carbocycles. The van der Waals surface area contributed by atoms with Gasteiger partial charge in [-0.15, -0.1) is 0 Å². The van der Waals surface area contributed by atoms with Gasteiger partial charge >= 0.3 is 0 Å². The summed E-state index contributed by atoms with van der Waals surface area (Å²) in [5.41, 5.74) is 0.901. The maximum absolute atomic E-state index is 12.0. The summed E-state index contributed by atoms with van der Waals surface area (Å²) in [6.45, 7) is 1.86. The third kappa shape index (κ3) is 5.35. The zero-order valence-electron chi connectivity index (χ0n) is 12.6. The SMILES string of the molecule is O=C(CCC/C=C/[C@@H](O)c1ccccc1)N1CCCCC1. The molecule has 3 heteroatoms. The van der Waals surface area contributed by atoms with E-state index in [4.69, 9.17) is 0 Å². The van der Waals surface area contributed by atoms with Gasteiger partial charge in [0.2, 0.25) is 5.91 Å². The third-order valence-electron chi connectivity index (χ3n) is 3.93. The van der Waals surface area contributed by atoms with E-state index in [0.717, 1.165) is 44.3 Å². The Labute approximate surface area is 127 Å². The Balaban J connectivity index is 1.65. The van der Waals surface area contributed by atoms with Crippen LogP contribution < -0.4 is 0 Å². The fourth-order valence-electron chi connectivity index (χ4n) is 2.66. The van der Waals surface area contributed by atoms with Crippen LogP contribution in [0.5, 0.6) is 0 Å². The molecule has 0 bridgehead atoms. The number of hydrogen-bond donors (Lipinski definition) is 1. The lowest BCUT2D eigenvalue weighted by molar-refractivity contribution is -0.132. The molecule has 0 radical (unpaired) electrons. The van der Waals surface area contributed by atoms with Gasteiger partial charge in [-0.2, -0.15) is 0 Å². The Morgan fingerprint density at radius 3 is 2.62 bits per heavy atom. The minimum atomic E-state index is -0.552. The average Bonchev–Trinajstić information content (AvgIpc) is 2.55. The lowest BCUT2D eigenvalue weighted by Gasteiger charge is -2.26. The van der Waals surface area contributed by atoms with Gasteiger partial charge in [0, 0.05) is 19.5 Å². The van der Waals surface area contributed by atoms with Crippen LogP contribution in [-0.2, 0) is 4.79 Å². The summed E-state index contributed by atoms with van der Waals surface area (Å²) < 4.78 is 0. The number of likely N-dealkylation sites (tertiary alicyclic amines) is 1. The van der Waals surface area contributed by atoms with Crippen LogP contribution in [-0.4, -0.2) is 29.0 Å². The van der Waals surface area contributed by atoms with E-state index < -0.39 is 6.10 Å². The van der Waals surface area contributed by atoms with Crippen molar-refractivity contribution in [1.82, 2.24) is 4.90 Å². The standard InChI is InChI=1S/C18H25NO2/c20-17(16-10-4-1-5-11-16)12-6-2-7-13-18(21)19-14-8-3-9-15-19/h1,4-6,10-12,17,20H,2-3,7-9,13-15H2/b12-6+/t17-/m1/s1. The smallest absolute Gasteiger partial charge is 0.222 e. The summed E-state index contributed by atoms with van der Waals surface area (Å²) in [7, 11) is 0. The second-order valence-electron chi connectivity index (χ2n) is 5.62. The van der Waals surface area contributed by atoms with Crippen molar-refractivity contribution in [2.24, 2.45) is 0 Å². The van der Waals surface area contributed by atoms with Crippen molar-refractivity contribution in [3.8, 4) is 0 Å². The molecular weight excluding hydrogens is 262 g/mol. The summed E-state index contributed by atoms with van der Waals surface area (Å²) in [5, 5.41) is 9.97. The number of unbranched alkanes of at least 4 members (excludes halogenated alkanes) is 1. The Morgan fingerprint density at radius 2 is 1.90 bits per heavy atom. The topological polar surface area (TPSA) is 40.5 Å². The molecule has 1 aliphatic heterocycles. The molecule has 0 aromatic heterocycles. The fourth-order valence-corrected chi connectivity index (χ4v) is 2.66. The molecule has 1 fully saturated rings. The number of hydrogen-bond acceptors (Lipinski definition) is 2. The average molecular weight is 287 g/mol. The summed E-state index contributed by atoms with van der Waals surface area (Å²) in [4.78, 5) is 14.0. The zero-order chi connectivity index (χ0) is 14.9. The van der Waals surface area contributed by atoms with Gasteiger partial charge in [-0.1, -0.05) is 42.5 Å². The maximum atomic E-state index is 12.0. The summed E-state index contributed by atoms with van der Waals surface area (Å²) in [6, 6.07) is 9.60. The van der Waals surface area contributed by atoms with Crippen LogP contribution in [0.25, 0.3) is 0 Å². The van der Waals surface area contributed by atoms with Gasteiger partial charge in [0.1, 0.15) is 0 Å². The van der Waals surface area contributed by atoms with Crippen molar-refractivity contribution in [1.29, 1.82) is 0 Å². The van der Waals surface area contributed by atoms with Gasteiger partial charge in [-0.25, -0.2) is 0 Å². The normalized spacial score (nSPS) is 17.1. The highest BCUT2D eigenvalue weighted by Gasteiger charge is 2.15. The molecule has 3 nitrogen and oxygen atoms in total. The van der Waals surface area contributed by atoms with Crippen LogP contribution >= 0.6 is 0 Å². The number of carbonyl (C=O) groups excluding carboxylic acids is 1.